The van der Waals surface area contributed by atoms with Crippen molar-refractivity contribution in [1.82, 2.24) is 30.0 Å². The van der Waals surface area contributed by atoms with E-state index in [-0.39, 0.29) is 24.0 Å². The lowest BCUT2D eigenvalue weighted by Gasteiger charge is -2.11. The third-order valence-corrected chi connectivity index (χ3v) is 4.42. The van der Waals surface area contributed by atoms with Crippen molar-refractivity contribution in [2.45, 2.75) is 39.8 Å². The zero-order valence-electron chi connectivity index (χ0n) is 16.6. The lowest BCUT2D eigenvalue weighted by Crippen LogP contribution is -2.38. The second-order valence-electron chi connectivity index (χ2n) is 6.46. The van der Waals surface area contributed by atoms with E-state index >= 15 is 0 Å². The summed E-state index contributed by atoms with van der Waals surface area (Å²) >= 11 is 0. The molecule has 0 aliphatic carbocycles. The Balaban J connectivity index is 0.00000280. The summed E-state index contributed by atoms with van der Waals surface area (Å²) in [6.07, 6.45) is 5.78. The van der Waals surface area contributed by atoms with Crippen LogP contribution >= 0.6 is 24.0 Å². The fourth-order valence-electron chi connectivity index (χ4n) is 3.12. The molecule has 8 heteroatoms. The highest BCUT2D eigenvalue weighted by Crippen LogP contribution is 2.15. The molecule has 0 bridgehead atoms. The SMILES string of the molecule is CCNC(=NCCCn1c(C)nc2ccccc21)NCCCn1cccn1.I. The van der Waals surface area contributed by atoms with Crippen molar-refractivity contribution in [3.05, 3.63) is 48.5 Å². The Morgan fingerprint density at radius 2 is 1.96 bits per heavy atom. The predicted molar refractivity (Wildman–Crippen MR) is 125 cm³/mol. The van der Waals surface area contributed by atoms with Gasteiger partial charge in [0.1, 0.15) is 5.82 Å². The van der Waals surface area contributed by atoms with Gasteiger partial charge in [-0.3, -0.25) is 9.67 Å². The number of benzene rings is 1. The topological polar surface area (TPSA) is 72.1 Å². The first kappa shape index (κ1) is 22.2. The zero-order chi connectivity index (χ0) is 18.9. The number of halogens is 1. The van der Waals surface area contributed by atoms with Crippen LogP contribution < -0.4 is 10.6 Å². The highest BCUT2D eigenvalue weighted by Gasteiger charge is 2.05. The molecule has 0 radical (unpaired) electrons. The number of aromatic nitrogens is 4. The van der Waals surface area contributed by atoms with Crippen molar-refractivity contribution in [3.8, 4) is 0 Å². The van der Waals surface area contributed by atoms with Crippen molar-refractivity contribution in [1.29, 1.82) is 0 Å². The van der Waals surface area contributed by atoms with Gasteiger partial charge in [0, 0.05) is 45.1 Å². The van der Waals surface area contributed by atoms with Crippen LogP contribution in [0.1, 0.15) is 25.6 Å². The Morgan fingerprint density at radius 3 is 2.75 bits per heavy atom. The van der Waals surface area contributed by atoms with Gasteiger partial charge < -0.3 is 15.2 Å². The van der Waals surface area contributed by atoms with Gasteiger partial charge in [-0.1, -0.05) is 12.1 Å². The first-order chi connectivity index (χ1) is 13.3. The maximum absolute atomic E-state index is 4.70. The number of imidazole rings is 1. The van der Waals surface area contributed by atoms with Gasteiger partial charge >= 0.3 is 0 Å². The fraction of sp³-hybridized carbons (Fsp3) is 0.450. The van der Waals surface area contributed by atoms with E-state index in [1.807, 2.05) is 29.2 Å². The first-order valence-electron chi connectivity index (χ1n) is 9.69. The van der Waals surface area contributed by atoms with E-state index in [1.165, 1.54) is 5.52 Å². The Kier molecular flexibility index (Phi) is 9.26. The minimum Gasteiger partial charge on any atom is -0.357 e. The van der Waals surface area contributed by atoms with E-state index in [1.54, 1.807) is 0 Å². The molecule has 3 rings (SSSR count). The molecule has 0 spiro atoms. The highest BCUT2D eigenvalue weighted by atomic mass is 127. The summed E-state index contributed by atoms with van der Waals surface area (Å²) in [6.45, 7) is 8.49. The van der Waals surface area contributed by atoms with Crippen LogP contribution in [0, 0.1) is 6.92 Å². The van der Waals surface area contributed by atoms with Gasteiger partial charge in [0.15, 0.2) is 5.96 Å². The van der Waals surface area contributed by atoms with Crippen molar-refractivity contribution in [2.75, 3.05) is 19.6 Å². The summed E-state index contributed by atoms with van der Waals surface area (Å²) in [5.74, 6) is 1.94. The molecule has 0 aliphatic heterocycles. The largest absolute Gasteiger partial charge is 0.357 e. The van der Waals surface area contributed by atoms with Crippen LogP contribution in [0.3, 0.4) is 0 Å². The molecule has 3 aromatic rings. The molecule has 0 amide bonds. The smallest absolute Gasteiger partial charge is 0.191 e. The molecule has 0 saturated carbocycles. The average Bonchev–Trinajstić information content (AvgIpc) is 3.29. The summed E-state index contributed by atoms with van der Waals surface area (Å²) in [5, 5.41) is 10.9. The minimum absolute atomic E-state index is 0. The van der Waals surface area contributed by atoms with E-state index in [9.17, 15) is 0 Å². The van der Waals surface area contributed by atoms with Crippen LogP contribution in [0.5, 0.6) is 0 Å². The molecular weight excluding hydrogens is 465 g/mol. The molecule has 0 saturated heterocycles. The standard InChI is InChI=1S/C20H29N7.HI/c1-3-21-20(22-11-6-14-26-15-8-13-24-26)23-12-7-16-27-17(2)25-18-9-4-5-10-19(18)27;/h4-5,8-10,13,15H,3,6-7,11-12,14,16H2,1-2H3,(H2,21,22,23);1H. The molecule has 2 heterocycles. The van der Waals surface area contributed by atoms with Gasteiger partial charge in [0.25, 0.3) is 0 Å². The molecule has 1 aromatic carbocycles. The monoisotopic (exact) mass is 495 g/mol. The maximum atomic E-state index is 4.70. The summed E-state index contributed by atoms with van der Waals surface area (Å²) in [7, 11) is 0. The number of fused-ring (bicyclic) bond motifs is 1. The molecule has 2 N–H and O–H groups in total. The first-order valence-corrected chi connectivity index (χ1v) is 9.69. The summed E-state index contributed by atoms with van der Waals surface area (Å²) in [5.41, 5.74) is 2.26. The number of aryl methyl sites for hydroxylation is 3. The lowest BCUT2D eigenvalue weighted by molar-refractivity contribution is 0.569. The Bertz CT molecular complexity index is 855. The van der Waals surface area contributed by atoms with Crippen LogP contribution in [0.4, 0.5) is 0 Å². The number of aliphatic imine (C=N–C) groups is 1. The van der Waals surface area contributed by atoms with Crippen LogP contribution in [-0.4, -0.2) is 44.9 Å². The van der Waals surface area contributed by atoms with E-state index in [0.29, 0.717) is 0 Å². The normalized spacial score (nSPS) is 11.4. The van der Waals surface area contributed by atoms with Crippen molar-refractivity contribution in [3.63, 3.8) is 0 Å². The molecule has 7 nitrogen and oxygen atoms in total. The van der Waals surface area contributed by atoms with Crippen LogP contribution in [-0.2, 0) is 13.1 Å². The van der Waals surface area contributed by atoms with E-state index < -0.39 is 0 Å². The fourth-order valence-corrected chi connectivity index (χ4v) is 3.12. The predicted octanol–water partition coefficient (Wildman–Crippen LogP) is 3.19. The third kappa shape index (κ3) is 6.22. The molecule has 152 valence electrons. The number of guanidine groups is 1. The zero-order valence-corrected chi connectivity index (χ0v) is 19.0. The molecule has 28 heavy (non-hydrogen) atoms. The lowest BCUT2D eigenvalue weighted by atomic mass is 10.3. The van der Waals surface area contributed by atoms with Crippen LogP contribution in [0.15, 0.2) is 47.7 Å². The second kappa shape index (κ2) is 11.7. The minimum atomic E-state index is 0. The molecule has 0 unspecified atom stereocenters. The van der Waals surface area contributed by atoms with Gasteiger partial charge in [-0.15, -0.1) is 24.0 Å². The Labute approximate surface area is 183 Å². The molecule has 0 fully saturated rings. The van der Waals surface area contributed by atoms with Gasteiger partial charge in [-0.25, -0.2) is 4.98 Å². The Hall–Kier alpha value is -2.10. The number of nitrogens with one attached hydrogen (secondary N) is 2. The summed E-state index contributed by atoms with van der Waals surface area (Å²) in [4.78, 5) is 9.32. The summed E-state index contributed by atoms with van der Waals surface area (Å²) < 4.78 is 4.22. The van der Waals surface area contributed by atoms with Crippen molar-refractivity contribution >= 4 is 41.0 Å². The van der Waals surface area contributed by atoms with Gasteiger partial charge in [0.2, 0.25) is 0 Å². The van der Waals surface area contributed by atoms with Gasteiger partial charge in [-0.2, -0.15) is 5.10 Å². The number of para-hydroxylation sites is 2. The number of nitrogens with zero attached hydrogens (tertiary/aromatic N) is 5. The van der Waals surface area contributed by atoms with Crippen LogP contribution in [0.2, 0.25) is 0 Å². The Morgan fingerprint density at radius 1 is 1.11 bits per heavy atom. The highest BCUT2D eigenvalue weighted by molar-refractivity contribution is 14.0. The van der Waals surface area contributed by atoms with Crippen LogP contribution in [0.25, 0.3) is 11.0 Å². The number of hydrogen-bond donors (Lipinski definition) is 2. The summed E-state index contributed by atoms with van der Waals surface area (Å²) in [6, 6.07) is 10.2. The quantitative estimate of drug-likeness (QED) is 0.207. The molecule has 2 aromatic heterocycles. The second-order valence-corrected chi connectivity index (χ2v) is 6.46. The molecule has 0 atom stereocenters. The van der Waals surface area contributed by atoms with Crippen molar-refractivity contribution < 1.29 is 0 Å². The molecule has 0 aliphatic rings. The van der Waals surface area contributed by atoms with E-state index in [2.05, 4.69) is 57.3 Å². The molecular formula is C20H30IN7. The maximum Gasteiger partial charge on any atom is 0.191 e. The number of hydrogen-bond acceptors (Lipinski definition) is 3. The van der Waals surface area contributed by atoms with Gasteiger partial charge in [0.05, 0.1) is 11.0 Å². The third-order valence-electron chi connectivity index (χ3n) is 4.42. The van der Waals surface area contributed by atoms with Gasteiger partial charge in [-0.05, 0) is 44.9 Å². The van der Waals surface area contributed by atoms with E-state index in [0.717, 1.165) is 62.9 Å². The van der Waals surface area contributed by atoms with E-state index in [4.69, 9.17) is 4.99 Å². The average molecular weight is 495 g/mol. The number of rotatable bonds is 9. The van der Waals surface area contributed by atoms with Crippen molar-refractivity contribution in [2.24, 2.45) is 4.99 Å².